The Hall–Kier alpha value is -2.11. The van der Waals surface area contributed by atoms with Crippen LogP contribution in [0, 0.1) is 17.8 Å². The lowest BCUT2D eigenvalue weighted by atomic mass is 9.53. The van der Waals surface area contributed by atoms with Gasteiger partial charge in [0, 0.05) is 30.9 Å². The largest absolute Gasteiger partial charge is 0.349 e. The van der Waals surface area contributed by atoms with Crippen molar-refractivity contribution in [1.29, 1.82) is 0 Å². The van der Waals surface area contributed by atoms with Crippen LogP contribution in [0.1, 0.15) is 63.5 Å². The summed E-state index contributed by atoms with van der Waals surface area (Å²) in [6.07, 6.45) is 11.2. The van der Waals surface area contributed by atoms with E-state index in [0.717, 1.165) is 42.6 Å². The zero-order valence-corrected chi connectivity index (χ0v) is 16.0. The van der Waals surface area contributed by atoms with Crippen molar-refractivity contribution in [1.82, 2.24) is 20.9 Å². The van der Waals surface area contributed by atoms with Crippen LogP contribution in [0.3, 0.4) is 0 Å². The smallest absolute Gasteiger partial charge is 0.315 e. The quantitative estimate of drug-likeness (QED) is 0.720. The third-order valence-corrected chi connectivity index (χ3v) is 6.62. The highest BCUT2D eigenvalue weighted by Gasteiger charge is 2.51. The SMILES string of the molecule is CC(NC(=O)CCNC(=O)NC12CC3CC(CC(C3)C1)C2)c1cccnc1. The van der Waals surface area contributed by atoms with Crippen LogP contribution in [0.4, 0.5) is 4.79 Å². The van der Waals surface area contributed by atoms with Crippen LogP contribution in [-0.2, 0) is 4.79 Å². The maximum Gasteiger partial charge on any atom is 0.315 e. The number of urea groups is 1. The fraction of sp³-hybridized carbons (Fsp3) is 0.667. The number of amides is 3. The molecule has 6 heteroatoms. The summed E-state index contributed by atoms with van der Waals surface area (Å²) in [6.45, 7) is 2.28. The molecular formula is C21H30N4O2. The van der Waals surface area contributed by atoms with Gasteiger partial charge >= 0.3 is 6.03 Å². The molecule has 3 N–H and O–H groups in total. The maximum absolute atomic E-state index is 12.4. The number of carbonyl (C=O) groups excluding carboxylic acids is 2. The van der Waals surface area contributed by atoms with Gasteiger partial charge in [0.05, 0.1) is 6.04 Å². The molecule has 1 aromatic rings. The van der Waals surface area contributed by atoms with Gasteiger partial charge in [-0.1, -0.05) is 6.07 Å². The van der Waals surface area contributed by atoms with Crippen molar-refractivity contribution in [2.24, 2.45) is 17.8 Å². The molecule has 0 saturated heterocycles. The van der Waals surface area contributed by atoms with Crippen LogP contribution in [-0.4, -0.2) is 29.0 Å². The van der Waals surface area contributed by atoms with Gasteiger partial charge in [0.25, 0.3) is 0 Å². The lowest BCUT2D eigenvalue weighted by Gasteiger charge is -2.56. The molecule has 0 spiro atoms. The molecule has 27 heavy (non-hydrogen) atoms. The van der Waals surface area contributed by atoms with E-state index in [9.17, 15) is 9.59 Å². The Balaban J connectivity index is 1.19. The topological polar surface area (TPSA) is 83.1 Å². The standard InChI is InChI=1S/C21H30N4O2/c1-14(18-3-2-5-22-13-18)24-19(26)4-6-23-20(27)25-21-10-15-7-16(11-21)9-17(8-15)12-21/h2-3,5,13-17H,4,6-12H2,1H3,(H,24,26)(H2,23,25,27). The molecule has 4 saturated carbocycles. The third kappa shape index (κ3) is 4.25. The normalized spacial score (nSPS) is 32.0. The van der Waals surface area contributed by atoms with Crippen molar-refractivity contribution in [2.45, 2.75) is 63.5 Å². The Morgan fingerprint density at radius 1 is 1.19 bits per heavy atom. The Bertz CT molecular complexity index is 655. The van der Waals surface area contributed by atoms with E-state index >= 15 is 0 Å². The molecule has 3 amide bonds. The minimum atomic E-state index is -0.120. The first-order valence-corrected chi connectivity index (χ1v) is 10.3. The zero-order valence-electron chi connectivity index (χ0n) is 16.0. The molecule has 1 heterocycles. The Labute approximate surface area is 160 Å². The number of pyridine rings is 1. The summed E-state index contributed by atoms with van der Waals surface area (Å²) in [5, 5.41) is 9.10. The second-order valence-electron chi connectivity index (χ2n) is 8.90. The first-order chi connectivity index (χ1) is 13.0. The minimum absolute atomic E-state index is 0.00984. The van der Waals surface area contributed by atoms with Crippen LogP contribution >= 0.6 is 0 Å². The zero-order chi connectivity index (χ0) is 18.9. The predicted molar refractivity (Wildman–Crippen MR) is 103 cm³/mol. The lowest BCUT2D eigenvalue weighted by molar-refractivity contribution is -0.121. The highest BCUT2D eigenvalue weighted by atomic mass is 16.2. The van der Waals surface area contributed by atoms with Gasteiger partial charge in [-0.05, 0) is 74.8 Å². The molecule has 4 bridgehead atoms. The molecule has 0 radical (unpaired) electrons. The van der Waals surface area contributed by atoms with Crippen molar-refractivity contribution in [3.8, 4) is 0 Å². The number of aromatic nitrogens is 1. The summed E-state index contributed by atoms with van der Waals surface area (Å²) in [5.41, 5.74) is 0.981. The molecule has 4 aliphatic carbocycles. The van der Waals surface area contributed by atoms with E-state index < -0.39 is 0 Å². The van der Waals surface area contributed by atoms with Gasteiger partial charge in [0.15, 0.2) is 0 Å². The van der Waals surface area contributed by atoms with Crippen molar-refractivity contribution in [3.05, 3.63) is 30.1 Å². The molecule has 6 nitrogen and oxygen atoms in total. The number of carbonyl (C=O) groups is 2. The van der Waals surface area contributed by atoms with Gasteiger partial charge in [-0.25, -0.2) is 4.79 Å². The number of rotatable bonds is 6. The highest BCUT2D eigenvalue weighted by molar-refractivity contribution is 5.78. The first-order valence-electron chi connectivity index (χ1n) is 10.3. The number of nitrogens with zero attached hydrogens (tertiary/aromatic N) is 1. The van der Waals surface area contributed by atoms with E-state index in [2.05, 4.69) is 20.9 Å². The van der Waals surface area contributed by atoms with Crippen molar-refractivity contribution in [3.63, 3.8) is 0 Å². The summed E-state index contributed by atoms with van der Waals surface area (Å²) < 4.78 is 0. The van der Waals surface area contributed by atoms with Crippen molar-refractivity contribution >= 4 is 11.9 Å². The van der Waals surface area contributed by atoms with Crippen LogP contribution in [0.25, 0.3) is 0 Å². The minimum Gasteiger partial charge on any atom is -0.349 e. The first kappa shape index (κ1) is 18.3. The molecule has 1 atom stereocenters. The van der Waals surface area contributed by atoms with Gasteiger partial charge in [-0.2, -0.15) is 0 Å². The molecule has 1 aromatic heterocycles. The summed E-state index contributed by atoms with van der Waals surface area (Å²) in [4.78, 5) is 28.6. The molecule has 146 valence electrons. The van der Waals surface area contributed by atoms with Crippen molar-refractivity contribution in [2.75, 3.05) is 6.54 Å². The monoisotopic (exact) mass is 370 g/mol. The average Bonchev–Trinajstić information content (AvgIpc) is 2.60. The summed E-state index contributed by atoms with van der Waals surface area (Å²) >= 11 is 0. The Kier molecular flexibility index (Phi) is 5.06. The highest BCUT2D eigenvalue weighted by Crippen LogP contribution is 2.55. The van der Waals surface area contributed by atoms with Gasteiger partial charge in [-0.15, -0.1) is 0 Å². The average molecular weight is 370 g/mol. The van der Waals surface area contributed by atoms with E-state index in [4.69, 9.17) is 0 Å². The van der Waals surface area contributed by atoms with E-state index in [1.54, 1.807) is 12.4 Å². The number of nitrogens with one attached hydrogen (secondary N) is 3. The van der Waals surface area contributed by atoms with E-state index in [1.165, 1.54) is 19.3 Å². The molecule has 1 unspecified atom stereocenters. The fourth-order valence-electron chi connectivity index (χ4n) is 5.87. The van der Waals surface area contributed by atoms with E-state index in [0.29, 0.717) is 6.54 Å². The molecule has 0 aromatic carbocycles. The van der Waals surface area contributed by atoms with Gasteiger partial charge < -0.3 is 16.0 Å². The maximum atomic E-state index is 12.4. The molecular weight excluding hydrogens is 340 g/mol. The van der Waals surface area contributed by atoms with Gasteiger partial charge in [0.1, 0.15) is 0 Å². The summed E-state index contributed by atoms with van der Waals surface area (Å²) in [6, 6.07) is 3.58. The molecule has 0 aliphatic heterocycles. The second kappa shape index (κ2) is 7.49. The summed E-state index contributed by atoms with van der Waals surface area (Å²) in [5.74, 6) is 2.34. The van der Waals surface area contributed by atoms with Crippen LogP contribution in [0.5, 0.6) is 0 Å². The number of hydrogen-bond acceptors (Lipinski definition) is 3. The lowest BCUT2D eigenvalue weighted by Crippen LogP contribution is -2.61. The number of hydrogen-bond donors (Lipinski definition) is 3. The molecule has 4 aliphatic rings. The predicted octanol–water partition coefficient (Wildman–Crippen LogP) is 2.92. The van der Waals surface area contributed by atoms with E-state index in [-0.39, 0.29) is 29.9 Å². The third-order valence-electron chi connectivity index (χ3n) is 6.62. The summed E-state index contributed by atoms with van der Waals surface area (Å²) in [7, 11) is 0. The molecule has 5 rings (SSSR count). The molecule has 4 fully saturated rings. The van der Waals surface area contributed by atoms with Crippen LogP contribution < -0.4 is 16.0 Å². The van der Waals surface area contributed by atoms with Crippen LogP contribution in [0.15, 0.2) is 24.5 Å². The Morgan fingerprint density at radius 3 is 2.44 bits per heavy atom. The van der Waals surface area contributed by atoms with Gasteiger partial charge in [-0.3, -0.25) is 9.78 Å². The van der Waals surface area contributed by atoms with E-state index in [1.807, 2.05) is 19.1 Å². The van der Waals surface area contributed by atoms with Crippen molar-refractivity contribution < 1.29 is 9.59 Å². The van der Waals surface area contributed by atoms with Gasteiger partial charge in [0.2, 0.25) is 5.91 Å². The second-order valence-corrected chi connectivity index (χ2v) is 8.90. The fourth-order valence-corrected chi connectivity index (χ4v) is 5.87. The van der Waals surface area contributed by atoms with Crippen LogP contribution in [0.2, 0.25) is 0 Å². The Morgan fingerprint density at radius 2 is 1.85 bits per heavy atom.